The quantitative estimate of drug-likeness (QED) is 0.893. The van der Waals surface area contributed by atoms with Crippen LogP contribution < -0.4 is 5.73 Å². The molecule has 3 nitrogen and oxygen atoms in total. The van der Waals surface area contributed by atoms with Gasteiger partial charge in [-0.3, -0.25) is 0 Å². The van der Waals surface area contributed by atoms with Crippen molar-refractivity contribution in [3.63, 3.8) is 0 Å². The summed E-state index contributed by atoms with van der Waals surface area (Å²) >= 11 is 12.1. The van der Waals surface area contributed by atoms with Crippen LogP contribution in [0.2, 0.25) is 10.0 Å². The van der Waals surface area contributed by atoms with Crippen LogP contribution in [-0.4, -0.2) is 6.09 Å². The van der Waals surface area contributed by atoms with Crippen LogP contribution in [0, 0.1) is 0 Å². The molecule has 0 saturated carbocycles. The van der Waals surface area contributed by atoms with Crippen molar-refractivity contribution in [1.82, 2.24) is 0 Å². The van der Waals surface area contributed by atoms with Crippen molar-refractivity contribution in [2.45, 2.75) is 25.9 Å². The molecule has 1 aromatic rings. The molecule has 0 unspecified atom stereocenters. The molecule has 88 valence electrons. The van der Waals surface area contributed by atoms with Crippen LogP contribution in [0.1, 0.15) is 31.4 Å². The van der Waals surface area contributed by atoms with E-state index in [1.165, 1.54) is 0 Å². The lowest BCUT2D eigenvalue weighted by atomic mass is 10.1. The largest absolute Gasteiger partial charge is 0.441 e. The predicted octanol–water partition coefficient (Wildman–Crippen LogP) is 3.93. The van der Waals surface area contributed by atoms with Gasteiger partial charge in [0.05, 0.1) is 0 Å². The molecule has 5 heteroatoms. The number of halogens is 2. The number of hydrogen-bond donors (Lipinski definition) is 1. The number of carbonyl (C=O) groups is 1. The van der Waals surface area contributed by atoms with Crippen LogP contribution in [0.3, 0.4) is 0 Å². The molecule has 0 aliphatic carbocycles. The second-order valence-corrected chi connectivity index (χ2v) is 4.16. The van der Waals surface area contributed by atoms with Crippen molar-refractivity contribution in [3.8, 4) is 0 Å². The summed E-state index contributed by atoms with van der Waals surface area (Å²) in [5, 5.41) is 0.958. The normalized spacial score (nSPS) is 12.2. The van der Waals surface area contributed by atoms with Gasteiger partial charge in [-0.25, -0.2) is 4.79 Å². The van der Waals surface area contributed by atoms with Gasteiger partial charge in [0.2, 0.25) is 0 Å². The summed E-state index contributed by atoms with van der Waals surface area (Å²) in [5.41, 5.74) is 5.63. The van der Waals surface area contributed by atoms with Gasteiger partial charge in [0, 0.05) is 15.6 Å². The average molecular weight is 262 g/mol. The summed E-state index contributed by atoms with van der Waals surface area (Å²) in [6.45, 7) is 1.97. The van der Waals surface area contributed by atoms with E-state index in [9.17, 15) is 4.79 Å². The van der Waals surface area contributed by atoms with Gasteiger partial charge in [0.25, 0.3) is 0 Å². The highest BCUT2D eigenvalue weighted by Gasteiger charge is 2.20. The molecule has 1 atom stereocenters. The molecule has 16 heavy (non-hydrogen) atoms. The standard InChI is InChI=1S/C11H13Cl2NO2/c1-2-4-9(16-11(14)15)10-7(12)5-3-6-8(10)13/h3,5-6,9H,2,4H2,1H3,(H2,14,15)/t9-/m1/s1. The third-order valence-corrected chi connectivity index (χ3v) is 2.79. The number of ether oxygens (including phenoxy) is 1. The van der Waals surface area contributed by atoms with E-state index in [1.807, 2.05) is 6.92 Å². The van der Waals surface area contributed by atoms with Crippen LogP contribution in [0.5, 0.6) is 0 Å². The topological polar surface area (TPSA) is 52.3 Å². The summed E-state index contributed by atoms with van der Waals surface area (Å²) in [6.07, 6.45) is 0.157. The zero-order chi connectivity index (χ0) is 12.1. The fourth-order valence-electron chi connectivity index (χ4n) is 1.48. The van der Waals surface area contributed by atoms with Gasteiger partial charge >= 0.3 is 6.09 Å². The maximum absolute atomic E-state index is 10.8. The minimum Gasteiger partial charge on any atom is -0.441 e. The molecule has 2 N–H and O–H groups in total. The van der Waals surface area contributed by atoms with E-state index in [0.717, 1.165) is 6.42 Å². The van der Waals surface area contributed by atoms with E-state index in [-0.39, 0.29) is 0 Å². The first-order valence-electron chi connectivity index (χ1n) is 4.96. The van der Waals surface area contributed by atoms with Gasteiger partial charge in [-0.15, -0.1) is 0 Å². The van der Waals surface area contributed by atoms with E-state index < -0.39 is 12.2 Å². The molecule has 0 heterocycles. The average Bonchev–Trinajstić information content (AvgIpc) is 2.16. The minimum absolute atomic E-state index is 0.479. The minimum atomic E-state index is -0.825. The van der Waals surface area contributed by atoms with Gasteiger partial charge in [-0.2, -0.15) is 0 Å². The SMILES string of the molecule is CCC[C@@H](OC(N)=O)c1c(Cl)cccc1Cl. The maximum Gasteiger partial charge on any atom is 0.405 e. The van der Waals surface area contributed by atoms with Crippen molar-refractivity contribution in [1.29, 1.82) is 0 Å². The van der Waals surface area contributed by atoms with E-state index >= 15 is 0 Å². The summed E-state index contributed by atoms with van der Waals surface area (Å²) in [5.74, 6) is 0. The highest BCUT2D eigenvalue weighted by atomic mass is 35.5. The second-order valence-electron chi connectivity index (χ2n) is 3.35. The lowest BCUT2D eigenvalue weighted by molar-refractivity contribution is 0.101. The van der Waals surface area contributed by atoms with Gasteiger partial charge in [0.15, 0.2) is 0 Å². The first-order chi connectivity index (χ1) is 7.56. The smallest absolute Gasteiger partial charge is 0.405 e. The zero-order valence-corrected chi connectivity index (χ0v) is 10.4. The van der Waals surface area contributed by atoms with Crippen LogP contribution in [0.4, 0.5) is 4.79 Å². The molecule has 0 aromatic heterocycles. The number of nitrogens with two attached hydrogens (primary N) is 1. The van der Waals surface area contributed by atoms with E-state index in [4.69, 9.17) is 33.7 Å². The molecule has 0 aliphatic rings. The number of primary amides is 1. The summed E-state index contributed by atoms with van der Waals surface area (Å²) in [6, 6.07) is 5.15. The molecule has 1 amide bonds. The fraction of sp³-hybridized carbons (Fsp3) is 0.364. The Balaban J connectivity index is 3.04. The Morgan fingerprint density at radius 1 is 1.44 bits per heavy atom. The number of hydrogen-bond acceptors (Lipinski definition) is 2. The lowest BCUT2D eigenvalue weighted by Gasteiger charge is -2.18. The van der Waals surface area contributed by atoms with Crippen LogP contribution in [0.25, 0.3) is 0 Å². The number of amides is 1. The molecule has 1 rings (SSSR count). The first kappa shape index (κ1) is 13.1. The van der Waals surface area contributed by atoms with Crippen molar-refractivity contribution in [2.75, 3.05) is 0 Å². The molecule has 0 saturated heterocycles. The molecule has 1 aromatic carbocycles. The first-order valence-corrected chi connectivity index (χ1v) is 5.71. The molecule has 0 radical (unpaired) electrons. The number of benzene rings is 1. The Kier molecular flexibility index (Phi) is 4.90. The highest BCUT2D eigenvalue weighted by molar-refractivity contribution is 6.36. The third-order valence-electron chi connectivity index (χ3n) is 2.13. The Bertz CT molecular complexity index is 362. The third kappa shape index (κ3) is 3.29. The molecular weight excluding hydrogens is 249 g/mol. The summed E-state index contributed by atoms with van der Waals surface area (Å²) in [7, 11) is 0. The maximum atomic E-state index is 10.8. The van der Waals surface area contributed by atoms with Gasteiger partial charge in [-0.1, -0.05) is 42.6 Å². The van der Waals surface area contributed by atoms with Crippen molar-refractivity contribution >= 4 is 29.3 Å². The van der Waals surface area contributed by atoms with E-state index in [1.54, 1.807) is 18.2 Å². The number of carbonyl (C=O) groups excluding carboxylic acids is 1. The second kappa shape index (κ2) is 5.97. The van der Waals surface area contributed by atoms with Crippen LogP contribution >= 0.6 is 23.2 Å². The Hall–Kier alpha value is -0.930. The Morgan fingerprint density at radius 2 is 2.00 bits per heavy atom. The van der Waals surface area contributed by atoms with Gasteiger partial charge in [-0.05, 0) is 18.6 Å². The van der Waals surface area contributed by atoms with Crippen molar-refractivity contribution in [3.05, 3.63) is 33.8 Å². The molecular formula is C11H13Cl2NO2. The Morgan fingerprint density at radius 3 is 2.44 bits per heavy atom. The monoisotopic (exact) mass is 261 g/mol. The Labute approximate surface area is 104 Å². The summed E-state index contributed by atoms with van der Waals surface area (Å²) < 4.78 is 5.01. The van der Waals surface area contributed by atoms with Crippen LogP contribution in [-0.2, 0) is 4.74 Å². The highest BCUT2D eigenvalue weighted by Crippen LogP contribution is 2.34. The van der Waals surface area contributed by atoms with Crippen LogP contribution in [0.15, 0.2) is 18.2 Å². The molecule has 0 bridgehead atoms. The van der Waals surface area contributed by atoms with Gasteiger partial charge < -0.3 is 10.5 Å². The lowest BCUT2D eigenvalue weighted by Crippen LogP contribution is -2.17. The van der Waals surface area contributed by atoms with E-state index in [0.29, 0.717) is 22.0 Å². The zero-order valence-electron chi connectivity index (χ0n) is 8.87. The number of rotatable bonds is 4. The van der Waals surface area contributed by atoms with Crippen molar-refractivity contribution in [2.24, 2.45) is 5.73 Å². The molecule has 0 aliphatic heterocycles. The molecule has 0 fully saturated rings. The van der Waals surface area contributed by atoms with Crippen molar-refractivity contribution < 1.29 is 9.53 Å². The summed E-state index contributed by atoms with van der Waals surface area (Å²) in [4.78, 5) is 10.8. The van der Waals surface area contributed by atoms with E-state index in [2.05, 4.69) is 0 Å². The molecule has 0 spiro atoms. The van der Waals surface area contributed by atoms with Gasteiger partial charge in [0.1, 0.15) is 6.10 Å². The predicted molar refractivity (Wildman–Crippen MR) is 64.8 cm³/mol. The fourth-order valence-corrected chi connectivity index (χ4v) is 2.12.